The van der Waals surface area contributed by atoms with Gasteiger partial charge in [-0.1, -0.05) is 29.8 Å². The molecule has 0 aliphatic carbocycles. The quantitative estimate of drug-likeness (QED) is 0.556. The number of hydrogen-bond donors (Lipinski definition) is 1. The molecule has 2 fully saturated rings. The number of imidazole rings is 1. The summed E-state index contributed by atoms with van der Waals surface area (Å²) in [5, 5.41) is 2.12. The van der Waals surface area contributed by atoms with Gasteiger partial charge in [-0.05, 0) is 42.5 Å². The molecule has 34 heavy (non-hydrogen) atoms. The van der Waals surface area contributed by atoms with Crippen LogP contribution in [0.1, 0.15) is 15.9 Å². The molecule has 0 saturated carbocycles. The summed E-state index contributed by atoms with van der Waals surface area (Å²) < 4.78 is 27.5. The van der Waals surface area contributed by atoms with Gasteiger partial charge < -0.3 is 9.88 Å². The van der Waals surface area contributed by atoms with Crippen molar-refractivity contribution in [3.63, 3.8) is 0 Å². The molecule has 6 rings (SSSR count). The van der Waals surface area contributed by atoms with E-state index in [4.69, 9.17) is 16.4 Å². The van der Waals surface area contributed by atoms with E-state index in [1.165, 1.54) is 4.31 Å². The predicted octanol–water partition coefficient (Wildman–Crippen LogP) is 2.85. The van der Waals surface area contributed by atoms with Crippen LogP contribution in [0.25, 0.3) is 11.0 Å². The van der Waals surface area contributed by atoms with Crippen LogP contribution in [0.5, 0.6) is 0 Å². The Hall–Kier alpha value is -3.18. The Kier molecular flexibility index (Phi) is 4.82. The van der Waals surface area contributed by atoms with Crippen molar-refractivity contribution < 1.29 is 18.0 Å². The highest BCUT2D eigenvalue weighted by atomic mass is 35.5. The van der Waals surface area contributed by atoms with E-state index in [0.29, 0.717) is 34.7 Å². The van der Waals surface area contributed by atoms with Gasteiger partial charge in [0, 0.05) is 48.5 Å². The summed E-state index contributed by atoms with van der Waals surface area (Å²) in [5.74, 6) is -0.132. The fourth-order valence-corrected chi connectivity index (χ4v) is 5.85. The summed E-state index contributed by atoms with van der Waals surface area (Å²) in [6.45, 7) is 0.959. The number of piperazine rings is 1. The van der Waals surface area contributed by atoms with Gasteiger partial charge in [0.25, 0.3) is 15.9 Å². The average Bonchev–Trinajstić information content (AvgIpc) is 3.47. The van der Waals surface area contributed by atoms with Gasteiger partial charge in [0.2, 0.25) is 10.9 Å². The Morgan fingerprint density at radius 2 is 1.82 bits per heavy atom. The number of H-pyrrole nitrogens is 1. The number of hydroxylamine groups is 2. The zero-order chi connectivity index (χ0) is 23.5. The molecule has 0 radical (unpaired) electrons. The molecule has 1 atom stereocenters. The SMILES string of the molecule is O=C(c1ccc(C23C=CC=CN2O3)cc1)N1CCN(S(=O)(=O)c2nc3ccc(Cl)cc3[nH]2)CC1. The monoisotopic (exact) mass is 497 g/mol. The average molecular weight is 498 g/mol. The Morgan fingerprint density at radius 1 is 1.06 bits per heavy atom. The first kappa shape index (κ1) is 21.4. The largest absolute Gasteiger partial charge is 0.336 e. The standard InChI is InChI=1S/C23H20ClN5O4S/c24-18-7-8-19-20(15-18)26-22(25-19)34(31,32)28-13-11-27(12-14-28)21(30)16-3-5-17(6-4-16)23-9-1-2-10-29(23)33-23/h1-10,15H,11-14H2,(H,25,26). The van der Waals surface area contributed by atoms with Crippen LogP contribution in [0.3, 0.4) is 0 Å². The number of carbonyl (C=O) groups excluding carboxylic acids is 1. The minimum atomic E-state index is -3.82. The van der Waals surface area contributed by atoms with E-state index in [1.54, 1.807) is 40.3 Å². The van der Waals surface area contributed by atoms with E-state index in [-0.39, 0.29) is 24.2 Å². The summed E-state index contributed by atoms with van der Waals surface area (Å²) in [6.07, 6.45) is 7.64. The highest BCUT2D eigenvalue weighted by Gasteiger charge is 2.54. The molecule has 3 aliphatic rings. The fraction of sp³-hybridized carbons (Fsp3) is 0.217. The smallest absolute Gasteiger partial charge is 0.276 e. The zero-order valence-corrected chi connectivity index (χ0v) is 19.5. The van der Waals surface area contributed by atoms with E-state index in [2.05, 4.69) is 9.97 Å². The third-order valence-corrected chi connectivity index (χ3v) is 8.23. The normalized spacial score (nSPS) is 22.3. The van der Waals surface area contributed by atoms with Gasteiger partial charge in [-0.25, -0.2) is 23.3 Å². The second-order valence-corrected chi connectivity index (χ2v) is 10.6. The van der Waals surface area contributed by atoms with Crippen LogP contribution in [0.4, 0.5) is 0 Å². The Balaban J connectivity index is 1.13. The van der Waals surface area contributed by atoms with E-state index in [0.717, 1.165) is 5.56 Å². The van der Waals surface area contributed by atoms with Gasteiger partial charge in [-0.15, -0.1) is 0 Å². The molecule has 1 N–H and O–H groups in total. The first-order chi connectivity index (χ1) is 16.4. The van der Waals surface area contributed by atoms with E-state index in [1.807, 2.05) is 36.6 Å². The third-order valence-electron chi connectivity index (χ3n) is 6.26. The Morgan fingerprint density at radius 3 is 2.56 bits per heavy atom. The first-order valence-electron chi connectivity index (χ1n) is 10.8. The highest BCUT2D eigenvalue weighted by molar-refractivity contribution is 7.89. The lowest BCUT2D eigenvalue weighted by Crippen LogP contribution is -2.50. The second-order valence-electron chi connectivity index (χ2n) is 8.29. The van der Waals surface area contributed by atoms with Gasteiger partial charge in [-0.2, -0.15) is 4.31 Å². The van der Waals surface area contributed by atoms with E-state index in [9.17, 15) is 13.2 Å². The number of nitrogens with one attached hydrogen (secondary N) is 1. The maximum Gasteiger partial charge on any atom is 0.276 e. The molecule has 1 unspecified atom stereocenters. The molecular formula is C23H20ClN5O4S. The molecule has 2 saturated heterocycles. The minimum absolute atomic E-state index is 0.123. The summed E-state index contributed by atoms with van der Waals surface area (Å²) in [6, 6.07) is 12.3. The summed E-state index contributed by atoms with van der Waals surface area (Å²) >= 11 is 5.99. The number of halogens is 1. The minimum Gasteiger partial charge on any atom is -0.336 e. The summed E-state index contributed by atoms with van der Waals surface area (Å²) in [5.41, 5.74) is 2.00. The van der Waals surface area contributed by atoms with Gasteiger partial charge in [0.15, 0.2) is 0 Å². The van der Waals surface area contributed by atoms with Gasteiger partial charge in [0.1, 0.15) is 0 Å². The van der Waals surface area contributed by atoms with Crippen LogP contribution in [-0.4, -0.2) is 64.7 Å². The van der Waals surface area contributed by atoms with Crippen LogP contribution < -0.4 is 0 Å². The van der Waals surface area contributed by atoms with Gasteiger partial charge in [-0.3, -0.25) is 4.79 Å². The molecule has 9 nitrogen and oxygen atoms in total. The molecule has 11 heteroatoms. The second kappa shape index (κ2) is 7.67. The number of hydrogen-bond acceptors (Lipinski definition) is 6. The molecule has 2 aromatic carbocycles. The molecule has 0 bridgehead atoms. The van der Waals surface area contributed by atoms with Crippen molar-refractivity contribution in [2.45, 2.75) is 10.9 Å². The van der Waals surface area contributed by atoms with Crippen molar-refractivity contribution in [2.75, 3.05) is 26.2 Å². The van der Waals surface area contributed by atoms with Gasteiger partial charge >= 0.3 is 0 Å². The number of rotatable bonds is 4. The van der Waals surface area contributed by atoms with Crippen LogP contribution in [0.2, 0.25) is 5.02 Å². The molecule has 3 aromatic rings. The van der Waals surface area contributed by atoms with Gasteiger partial charge in [0.05, 0.1) is 11.0 Å². The van der Waals surface area contributed by atoms with Crippen molar-refractivity contribution in [1.29, 1.82) is 0 Å². The van der Waals surface area contributed by atoms with Crippen molar-refractivity contribution in [1.82, 2.24) is 24.2 Å². The predicted molar refractivity (Wildman–Crippen MR) is 125 cm³/mol. The van der Waals surface area contributed by atoms with Crippen molar-refractivity contribution in [2.24, 2.45) is 0 Å². The van der Waals surface area contributed by atoms with Crippen LogP contribution >= 0.6 is 11.6 Å². The van der Waals surface area contributed by atoms with Crippen molar-refractivity contribution in [3.05, 3.63) is 83.0 Å². The zero-order valence-electron chi connectivity index (χ0n) is 17.9. The van der Waals surface area contributed by atoms with Crippen LogP contribution in [0, 0.1) is 0 Å². The Bertz CT molecular complexity index is 1460. The lowest BCUT2D eigenvalue weighted by molar-refractivity contribution is 0.0697. The molecule has 4 heterocycles. The van der Waals surface area contributed by atoms with E-state index < -0.39 is 15.7 Å². The number of aromatic nitrogens is 2. The molecule has 0 spiro atoms. The summed E-state index contributed by atoms with van der Waals surface area (Å²) in [4.78, 5) is 27.4. The number of sulfonamides is 1. The molecule has 174 valence electrons. The molecule has 1 aromatic heterocycles. The number of carbonyl (C=O) groups is 1. The topological polar surface area (TPSA) is 102 Å². The lowest BCUT2D eigenvalue weighted by atomic mass is 10.0. The first-order valence-corrected chi connectivity index (χ1v) is 12.6. The third kappa shape index (κ3) is 3.41. The van der Waals surface area contributed by atoms with Crippen LogP contribution in [0.15, 0.2) is 72.0 Å². The Labute approximate surface area is 200 Å². The van der Waals surface area contributed by atoms with Crippen molar-refractivity contribution >= 4 is 38.6 Å². The maximum absolute atomic E-state index is 13.1. The number of fused-ring (bicyclic) bond motifs is 2. The number of amides is 1. The van der Waals surface area contributed by atoms with Crippen molar-refractivity contribution in [3.8, 4) is 0 Å². The molecular weight excluding hydrogens is 478 g/mol. The maximum atomic E-state index is 13.1. The summed E-state index contributed by atoms with van der Waals surface area (Å²) in [7, 11) is -3.82. The van der Waals surface area contributed by atoms with E-state index >= 15 is 0 Å². The van der Waals surface area contributed by atoms with Crippen LogP contribution in [-0.2, 0) is 20.6 Å². The number of benzene rings is 2. The fourth-order valence-electron chi connectivity index (χ4n) is 4.33. The number of aromatic amines is 1. The highest BCUT2D eigenvalue weighted by Crippen LogP contribution is 2.47. The molecule has 1 amide bonds. The lowest BCUT2D eigenvalue weighted by Gasteiger charge is -2.33. The number of nitrogens with zero attached hydrogens (tertiary/aromatic N) is 4. The molecule has 3 aliphatic heterocycles. The number of allylic oxidation sites excluding steroid dienone is 2.